The van der Waals surface area contributed by atoms with Crippen molar-refractivity contribution in [1.82, 2.24) is 4.98 Å². The van der Waals surface area contributed by atoms with Gasteiger partial charge in [0.1, 0.15) is 5.82 Å². The van der Waals surface area contributed by atoms with Crippen LogP contribution >= 0.6 is 15.9 Å². The lowest BCUT2D eigenvalue weighted by Crippen LogP contribution is -2.24. The van der Waals surface area contributed by atoms with E-state index in [0.717, 1.165) is 10.2 Å². The summed E-state index contributed by atoms with van der Waals surface area (Å²) in [6.07, 6.45) is 2.07. The molecule has 2 aromatic rings. The molecule has 94 valence electrons. The molecule has 1 heterocycles. The third kappa shape index (κ3) is 3.15. The number of hydrogen-bond acceptors (Lipinski definition) is 2. The molecule has 1 N–H and O–H groups in total. The Labute approximate surface area is 114 Å². The Kier molecular flexibility index (Phi) is 3.78. The van der Waals surface area contributed by atoms with Crippen LogP contribution in [0.15, 0.2) is 47.1 Å². The molecular weight excluding hydrogens is 297 g/mol. The highest BCUT2D eigenvalue weighted by atomic mass is 79.9. The Hall–Kier alpha value is -1.26. The van der Waals surface area contributed by atoms with Crippen molar-refractivity contribution in [2.45, 2.75) is 18.9 Å². The molecule has 1 aromatic carbocycles. The number of halogens is 2. The minimum Gasteiger partial charge on any atom is -0.385 e. The summed E-state index contributed by atoms with van der Waals surface area (Å²) in [6.45, 7) is 1.70. The van der Waals surface area contributed by atoms with Crippen LogP contribution in [0.25, 0.3) is 0 Å². The van der Waals surface area contributed by atoms with Gasteiger partial charge < -0.3 is 5.11 Å². The zero-order valence-electron chi connectivity index (χ0n) is 9.90. The monoisotopic (exact) mass is 309 g/mol. The van der Waals surface area contributed by atoms with E-state index in [-0.39, 0.29) is 5.82 Å². The number of nitrogens with zero attached hydrogens (tertiary/aromatic N) is 1. The van der Waals surface area contributed by atoms with Crippen LogP contribution in [0.4, 0.5) is 4.39 Å². The quantitative estimate of drug-likeness (QED) is 0.942. The lowest BCUT2D eigenvalue weighted by Gasteiger charge is -2.23. The molecule has 0 amide bonds. The number of aliphatic hydroxyl groups is 1. The van der Waals surface area contributed by atoms with E-state index in [4.69, 9.17) is 0 Å². The smallest absolute Gasteiger partial charge is 0.123 e. The van der Waals surface area contributed by atoms with Crippen molar-refractivity contribution in [2.24, 2.45) is 0 Å². The van der Waals surface area contributed by atoms with Gasteiger partial charge in [0.05, 0.1) is 5.60 Å². The summed E-state index contributed by atoms with van der Waals surface area (Å²) in [4.78, 5) is 4.23. The van der Waals surface area contributed by atoms with Crippen molar-refractivity contribution in [3.05, 3.63) is 64.1 Å². The number of rotatable bonds is 3. The Morgan fingerprint density at radius 2 is 1.89 bits per heavy atom. The van der Waals surface area contributed by atoms with Gasteiger partial charge in [-0.15, -0.1) is 0 Å². The van der Waals surface area contributed by atoms with Gasteiger partial charge in [-0.1, -0.05) is 12.1 Å². The maximum atomic E-state index is 12.8. The van der Waals surface area contributed by atoms with E-state index in [1.54, 1.807) is 25.3 Å². The fourth-order valence-electron chi connectivity index (χ4n) is 1.77. The highest BCUT2D eigenvalue weighted by Gasteiger charge is 2.24. The van der Waals surface area contributed by atoms with Crippen molar-refractivity contribution in [1.29, 1.82) is 0 Å². The molecular formula is C14H13BrFNO. The molecule has 0 spiro atoms. The molecule has 0 saturated carbocycles. The Morgan fingerprint density at radius 1 is 1.22 bits per heavy atom. The van der Waals surface area contributed by atoms with Gasteiger partial charge in [0, 0.05) is 22.8 Å². The van der Waals surface area contributed by atoms with E-state index in [2.05, 4.69) is 20.9 Å². The molecule has 18 heavy (non-hydrogen) atoms. The molecule has 0 aliphatic rings. The largest absolute Gasteiger partial charge is 0.385 e. The fourth-order valence-corrected chi connectivity index (χ4v) is 2.01. The van der Waals surface area contributed by atoms with Gasteiger partial charge in [0.2, 0.25) is 0 Å². The van der Waals surface area contributed by atoms with Crippen LogP contribution < -0.4 is 0 Å². The highest BCUT2D eigenvalue weighted by Crippen LogP contribution is 2.25. The van der Waals surface area contributed by atoms with Gasteiger partial charge >= 0.3 is 0 Å². The summed E-state index contributed by atoms with van der Waals surface area (Å²) >= 11 is 3.31. The van der Waals surface area contributed by atoms with Crippen LogP contribution in [0.5, 0.6) is 0 Å². The number of hydrogen-bond donors (Lipinski definition) is 1. The Bertz CT molecular complexity index is 522. The maximum absolute atomic E-state index is 12.8. The lowest BCUT2D eigenvalue weighted by molar-refractivity contribution is 0.0565. The molecule has 0 radical (unpaired) electrons. The van der Waals surface area contributed by atoms with Crippen LogP contribution in [0.3, 0.4) is 0 Å². The first-order valence-corrected chi connectivity index (χ1v) is 6.35. The zero-order valence-corrected chi connectivity index (χ0v) is 11.5. The third-order valence-corrected chi connectivity index (χ3v) is 3.25. The number of benzene rings is 1. The molecule has 0 fully saturated rings. The third-order valence-electron chi connectivity index (χ3n) is 2.78. The van der Waals surface area contributed by atoms with E-state index >= 15 is 0 Å². The Morgan fingerprint density at radius 3 is 2.44 bits per heavy atom. The summed E-state index contributed by atoms with van der Waals surface area (Å²) in [5.74, 6) is -0.309. The molecule has 0 saturated heterocycles. The molecule has 0 aliphatic carbocycles. The highest BCUT2D eigenvalue weighted by molar-refractivity contribution is 9.10. The van der Waals surface area contributed by atoms with Crippen LogP contribution in [0.1, 0.15) is 18.2 Å². The standard InChI is InChI=1S/C14H13BrFNO/c1-14(18,10-2-5-12(16)6-3-10)8-13-7-4-11(15)9-17-13/h2-7,9,18H,8H2,1H3. The van der Waals surface area contributed by atoms with E-state index in [1.807, 2.05) is 12.1 Å². The molecule has 1 unspecified atom stereocenters. The molecule has 2 rings (SSSR count). The van der Waals surface area contributed by atoms with Crippen molar-refractivity contribution < 1.29 is 9.50 Å². The maximum Gasteiger partial charge on any atom is 0.123 e. The van der Waals surface area contributed by atoms with Crippen LogP contribution in [0.2, 0.25) is 0 Å². The van der Waals surface area contributed by atoms with Gasteiger partial charge in [-0.3, -0.25) is 4.98 Å². The second-order valence-corrected chi connectivity index (χ2v) is 5.34. The van der Waals surface area contributed by atoms with E-state index in [0.29, 0.717) is 12.0 Å². The second kappa shape index (κ2) is 5.16. The van der Waals surface area contributed by atoms with Crippen LogP contribution in [0, 0.1) is 5.82 Å². The minimum absolute atomic E-state index is 0.309. The lowest BCUT2D eigenvalue weighted by atomic mass is 9.91. The van der Waals surface area contributed by atoms with Crippen molar-refractivity contribution in [3.63, 3.8) is 0 Å². The van der Waals surface area contributed by atoms with Gasteiger partial charge in [0.15, 0.2) is 0 Å². The predicted molar refractivity (Wildman–Crippen MR) is 71.6 cm³/mol. The first kappa shape index (κ1) is 13.2. The number of pyridine rings is 1. The summed E-state index contributed by atoms with van der Waals surface area (Å²) in [5.41, 5.74) is 0.398. The summed E-state index contributed by atoms with van der Waals surface area (Å²) in [7, 11) is 0. The zero-order chi connectivity index (χ0) is 13.2. The molecule has 1 aromatic heterocycles. The van der Waals surface area contributed by atoms with Gasteiger partial charge in [0.25, 0.3) is 0 Å². The molecule has 4 heteroatoms. The van der Waals surface area contributed by atoms with E-state index < -0.39 is 5.60 Å². The van der Waals surface area contributed by atoms with E-state index in [1.165, 1.54) is 12.1 Å². The van der Waals surface area contributed by atoms with Gasteiger partial charge in [-0.2, -0.15) is 0 Å². The second-order valence-electron chi connectivity index (χ2n) is 4.43. The van der Waals surface area contributed by atoms with Crippen molar-refractivity contribution in [2.75, 3.05) is 0 Å². The van der Waals surface area contributed by atoms with E-state index in [9.17, 15) is 9.50 Å². The summed E-state index contributed by atoms with van der Waals surface area (Å²) in [6, 6.07) is 9.60. The topological polar surface area (TPSA) is 33.1 Å². The summed E-state index contributed by atoms with van der Waals surface area (Å²) < 4.78 is 13.7. The first-order valence-electron chi connectivity index (χ1n) is 5.56. The van der Waals surface area contributed by atoms with Gasteiger partial charge in [-0.25, -0.2) is 4.39 Å². The molecule has 0 aliphatic heterocycles. The molecule has 2 nitrogen and oxygen atoms in total. The predicted octanol–water partition coefficient (Wildman–Crippen LogP) is 3.43. The Balaban J connectivity index is 2.20. The van der Waals surface area contributed by atoms with Crippen molar-refractivity contribution >= 4 is 15.9 Å². The van der Waals surface area contributed by atoms with Crippen molar-refractivity contribution in [3.8, 4) is 0 Å². The van der Waals surface area contributed by atoms with Crippen LogP contribution in [-0.4, -0.2) is 10.1 Å². The fraction of sp³-hybridized carbons (Fsp3) is 0.214. The summed E-state index contributed by atoms with van der Waals surface area (Å²) in [5, 5.41) is 10.4. The van der Waals surface area contributed by atoms with Crippen LogP contribution in [-0.2, 0) is 12.0 Å². The SMILES string of the molecule is CC(O)(Cc1ccc(Br)cn1)c1ccc(F)cc1. The first-order chi connectivity index (χ1) is 8.47. The average molecular weight is 310 g/mol. The average Bonchev–Trinajstić information content (AvgIpc) is 2.32. The van der Waals surface area contributed by atoms with Gasteiger partial charge in [-0.05, 0) is 52.7 Å². The molecule has 0 bridgehead atoms. The normalized spacial score (nSPS) is 14.2. The number of aromatic nitrogens is 1. The minimum atomic E-state index is -1.06. The molecule has 1 atom stereocenters.